The predicted molar refractivity (Wildman–Crippen MR) is 123 cm³/mol. The molecule has 0 saturated carbocycles. The molecule has 11 heteroatoms. The molecule has 1 atom stereocenters. The van der Waals surface area contributed by atoms with Crippen molar-refractivity contribution in [2.24, 2.45) is 0 Å². The van der Waals surface area contributed by atoms with E-state index in [0.717, 1.165) is 12.1 Å². The minimum Gasteiger partial charge on any atom is -0.441 e. The summed E-state index contributed by atoms with van der Waals surface area (Å²) in [6.45, 7) is 1.75. The summed E-state index contributed by atoms with van der Waals surface area (Å²) in [6, 6.07) is 11.5. The van der Waals surface area contributed by atoms with Crippen LogP contribution in [-0.2, 0) is 0 Å². The van der Waals surface area contributed by atoms with Gasteiger partial charge in [0.15, 0.2) is 29.4 Å². The van der Waals surface area contributed by atoms with E-state index in [1.165, 1.54) is 17.0 Å². The average Bonchev–Trinajstić information content (AvgIpc) is 3.48. The summed E-state index contributed by atoms with van der Waals surface area (Å²) in [5, 5.41) is 16.8. The molecule has 174 valence electrons. The maximum atomic E-state index is 14.6. The number of aryl methyl sites for hydroxylation is 1. The average molecular weight is 472 g/mol. The van der Waals surface area contributed by atoms with Gasteiger partial charge in [-0.2, -0.15) is 5.26 Å². The van der Waals surface area contributed by atoms with Crippen molar-refractivity contribution >= 4 is 11.5 Å². The van der Waals surface area contributed by atoms with Crippen molar-refractivity contribution < 1.29 is 13.2 Å². The van der Waals surface area contributed by atoms with Crippen molar-refractivity contribution in [2.45, 2.75) is 13.0 Å². The Balaban J connectivity index is 1.82. The van der Waals surface area contributed by atoms with E-state index >= 15 is 0 Å². The fourth-order valence-electron chi connectivity index (χ4n) is 3.95. The maximum Gasteiger partial charge on any atom is 0.199 e. The van der Waals surface area contributed by atoms with Crippen molar-refractivity contribution in [3.8, 4) is 28.8 Å². The number of nitrogen functional groups attached to an aromatic ring is 1. The standard InChI is InChI=1S/C24H18F2N8O/c1-12-21(35-11-30-12)20-18(14-6-3-5-13(9-14)10-27)31-22(28)24-32-23(33-34(20)24)19(29-2)17-15(25)7-4-8-16(17)26/h3-9,11,19,29H,1-2H3,(H2,28,31). The third-order valence-corrected chi connectivity index (χ3v) is 5.58. The van der Waals surface area contributed by atoms with Crippen molar-refractivity contribution in [3.63, 3.8) is 0 Å². The maximum absolute atomic E-state index is 14.6. The van der Waals surface area contributed by atoms with Crippen LogP contribution in [0.4, 0.5) is 14.6 Å². The summed E-state index contributed by atoms with van der Waals surface area (Å²) in [5.74, 6) is -1.02. The molecule has 3 N–H and O–H groups in total. The number of hydrogen-bond acceptors (Lipinski definition) is 8. The van der Waals surface area contributed by atoms with Crippen LogP contribution in [0.5, 0.6) is 0 Å². The van der Waals surface area contributed by atoms with Gasteiger partial charge in [0, 0.05) is 11.1 Å². The highest BCUT2D eigenvalue weighted by Crippen LogP contribution is 2.35. The summed E-state index contributed by atoms with van der Waals surface area (Å²) in [7, 11) is 1.55. The predicted octanol–water partition coefficient (Wildman–Crippen LogP) is 3.80. The van der Waals surface area contributed by atoms with Crippen LogP contribution in [0.15, 0.2) is 53.3 Å². The highest BCUT2D eigenvalue weighted by Gasteiger charge is 2.28. The van der Waals surface area contributed by atoms with E-state index in [9.17, 15) is 14.0 Å². The largest absolute Gasteiger partial charge is 0.441 e. The lowest BCUT2D eigenvalue weighted by Gasteiger charge is -2.14. The molecule has 9 nitrogen and oxygen atoms in total. The number of nitriles is 1. The molecule has 5 aromatic rings. The Morgan fingerprint density at radius 3 is 2.54 bits per heavy atom. The number of benzene rings is 2. The second-order valence-corrected chi connectivity index (χ2v) is 7.72. The highest BCUT2D eigenvalue weighted by molar-refractivity contribution is 5.82. The first kappa shape index (κ1) is 22.1. The topological polar surface area (TPSA) is 131 Å². The Hall–Kier alpha value is -4.69. The van der Waals surface area contributed by atoms with Gasteiger partial charge in [0.2, 0.25) is 0 Å². The Kier molecular flexibility index (Phi) is 5.43. The monoisotopic (exact) mass is 472 g/mol. The molecule has 0 amide bonds. The summed E-state index contributed by atoms with van der Waals surface area (Å²) < 4.78 is 36.3. The first-order valence-corrected chi connectivity index (χ1v) is 10.5. The van der Waals surface area contributed by atoms with Crippen molar-refractivity contribution in [1.82, 2.24) is 29.9 Å². The van der Waals surface area contributed by atoms with Gasteiger partial charge in [0.05, 0.1) is 17.3 Å². The van der Waals surface area contributed by atoms with Crippen LogP contribution in [0.2, 0.25) is 0 Å². The summed E-state index contributed by atoms with van der Waals surface area (Å²) in [4.78, 5) is 13.2. The van der Waals surface area contributed by atoms with Crippen LogP contribution in [0.25, 0.3) is 28.4 Å². The molecule has 1 unspecified atom stereocenters. The lowest BCUT2D eigenvalue weighted by atomic mass is 10.0. The zero-order chi connectivity index (χ0) is 24.7. The fourth-order valence-corrected chi connectivity index (χ4v) is 3.95. The van der Waals surface area contributed by atoms with Crippen LogP contribution in [0, 0.1) is 29.9 Å². The van der Waals surface area contributed by atoms with Gasteiger partial charge in [0.25, 0.3) is 0 Å². The van der Waals surface area contributed by atoms with Gasteiger partial charge in [-0.3, -0.25) is 0 Å². The van der Waals surface area contributed by atoms with Crippen LogP contribution in [0.3, 0.4) is 0 Å². The summed E-state index contributed by atoms with van der Waals surface area (Å²) in [6.07, 6.45) is 1.28. The number of rotatable bonds is 5. The number of hydrogen-bond donors (Lipinski definition) is 2. The van der Waals surface area contributed by atoms with E-state index in [-0.39, 0.29) is 22.9 Å². The normalized spacial score (nSPS) is 12.1. The molecule has 0 aliphatic rings. The Morgan fingerprint density at radius 2 is 1.89 bits per heavy atom. The molecule has 0 aliphatic carbocycles. The minimum atomic E-state index is -1.01. The van der Waals surface area contributed by atoms with Gasteiger partial charge in [-0.15, -0.1) is 5.10 Å². The van der Waals surface area contributed by atoms with Crippen LogP contribution in [-0.4, -0.2) is 31.6 Å². The SMILES string of the molecule is CNC(c1nc2c(N)nc(-c3cccc(C#N)c3)c(-c3ocnc3C)n2n1)c1c(F)cccc1F. The van der Waals surface area contributed by atoms with Crippen molar-refractivity contribution in [1.29, 1.82) is 5.26 Å². The van der Waals surface area contributed by atoms with E-state index < -0.39 is 17.7 Å². The molecule has 0 saturated heterocycles. The van der Waals surface area contributed by atoms with Crippen molar-refractivity contribution in [3.05, 3.63) is 83.1 Å². The number of halogens is 2. The van der Waals surface area contributed by atoms with Crippen LogP contribution < -0.4 is 11.1 Å². The minimum absolute atomic E-state index is 0.0332. The molecule has 0 aliphatic heterocycles. The zero-order valence-electron chi connectivity index (χ0n) is 18.6. The smallest absolute Gasteiger partial charge is 0.199 e. The highest BCUT2D eigenvalue weighted by atomic mass is 19.1. The molecule has 2 aromatic carbocycles. The van der Waals surface area contributed by atoms with E-state index in [4.69, 9.17) is 10.2 Å². The second kappa shape index (κ2) is 8.58. The van der Waals surface area contributed by atoms with Crippen LogP contribution >= 0.6 is 0 Å². The van der Waals surface area contributed by atoms with E-state index in [1.807, 2.05) is 0 Å². The van der Waals surface area contributed by atoms with Crippen molar-refractivity contribution in [2.75, 3.05) is 12.8 Å². The number of oxazole rings is 1. The van der Waals surface area contributed by atoms with Gasteiger partial charge in [0.1, 0.15) is 29.1 Å². The molecule has 0 radical (unpaired) electrons. The summed E-state index contributed by atoms with van der Waals surface area (Å²) in [5.41, 5.74) is 8.53. The lowest BCUT2D eigenvalue weighted by molar-refractivity contribution is 0.512. The van der Waals surface area contributed by atoms with Gasteiger partial charge < -0.3 is 15.5 Å². The molecule has 35 heavy (non-hydrogen) atoms. The van der Waals surface area contributed by atoms with Crippen LogP contribution in [0.1, 0.15) is 28.7 Å². The molecule has 0 bridgehead atoms. The molecule has 5 rings (SSSR count). The number of nitrogens with one attached hydrogen (secondary N) is 1. The number of nitrogens with zero attached hydrogens (tertiary/aromatic N) is 6. The van der Waals surface area contributed by atoms with Gasteiger partial charge >= 0.3 is 0 Å². The zero-order valence-corrected chi connectivity index (χ0v) is 18.6. The molecular weight excluding hydrogens is 454 g/mol. The Bertz CT molecular complexity index is 1600. The first-order valence-electron chi connectivity index (χ1n) is 10.5. The second-order valence-electron chi connectivity index (χ2n) is 7.72. The van der Waals surface area contributed by atoms with Gasteiger partial charge in [-0.25, -0.2) is 28.2 Å². The molecule has 3 aromatic heterocycles. The van der Waals surface area contributed by atoms with E-state index in [0.29, 0.717) is 34.0 Å². The summed E-state index contributed by atoms with van der Waals surface area (Å²) >= 11 is 0. The lowest BCUT2D eigenvalue weighted by Crippen LogP contribution is -2.22. The first-order chi connectivity index (χ1) is 16.9. The quantitative estimate of drug-likeness (QED) is 0.395. The molecule has 0 spiro atoms. The molecule has 0 fully saturated rings. The third kappa shape index (κ3) is 3.66. The number of anilines is 1. The Morgan fingerprint density at radius 1 is 1.14 bits per heavy atom. The van der Waals surface area contributed by atoms with E-state index in [2.05, 4.69) is 31.4 Å². The van der Waals surface area contributed by atoms with E-state index in [1.54, 1.807) is 38.2 Å². The Labute approximate surface area is 197 Å². The fraction of sp³-hybridized carbons (Fsp3) is 0.125. The molecule has 3 heterocycles. The number of aromatic nitrogens is 5. The third-order valence-electron chi connectivity index (χ3n) is 5.58. The molecular formula is C24H18F2N8O. The van der Waals surface area contributed by atoms with Gasteiger partial charge in [-0.05, 0) is 38.2 Å². The van der Waals surface area contributed by atoms with Gasteiger partial charge in [-0.1, -0.05) is 18.2 Å². The number of fused-ring (bicyclic) bond motifs is 1. The number of nitrogens with two attached hydrogens (primary N) is 1.